The summed E-state index contributed by atoms with van der Waals surface area (Å²) in [6, 6.07) is 7.38. The number of rotatable bonds is 4. The molecule has 0 spiro atoms. The number of nitrogens with zero attached hydrogens (tertiary/aromatic N) is 3. The average Bonchev–Trinajstić information content (AvgIpc) is 2.61. The fourth-order valence-electron chi connectivity index (χ4n) is 2.82. The topological polar surface area (TPSA) is 81.3 Å². The van der Waals surface area contributed by atoms with E-state index in [-0.39, 0.29) is 23.3 Å². The highest BCUT2D eigenvalue weighted by Crippen LogP contribution is 2.25. The molecule has 1 atom stereocenters. The number of ether oxygens (including phenoxy) is 1. The van der Waals surface area contributed by atoms with Crippen molar-refractivity contribution in [2.45, 2.75) is 12.8 Å². The number of hydrogen-bond donors (Lipinski definition) is 1. The second-order valence-corrected chi connectivity index (χ2v) is 6.20. The van der Waals surface area contributed by atoms with E-state index in [2.05, 4.69) is 9.97 Å². The van der Waals surface area contributed by atoms with Crippen LogP contribution in [0.2, 0.25) is 5.02 Å². The lowest BCUT2D eigenvalue weighted by molar-refractivity contribution is 0.0628. The van der Waals surface area contributed by atoms with Crippen molar-refractivity contribution >= 4 is 23.3 Å². The molecule has 1 aromatic carbocycles. The van der Waals surface area contributed by atoms with Crippen LogP contribution in [0, 0.1) is 5.92 Å². The van der Waals surface area contributed by atoms with Crippen LogP contribution in [0.25, 0.3) is 0 Å². The minimum absolute atomic E-state index is 0.164. The Morgan fingerprint density at radius 1 is 1.33 bits per heavy atom. The van der Waals surface area contributed by atoms with E-state index in [1.54, 1.807) is 11.0 Å². The van der Waals surface area contributed by atoms with Gasteiger partial charge in [0, 0.05) is 31.4 Å². The van der Waals surface area contributed by atoms with Crippen molar-refractivity contribution in [3.8, 4) is 5.75 Å². The number of amides is 1. The number of halogens is 1. The lowest BCUT2D eigenvalue weighted by Crippen LogP contribution is -2.42. The first-order chi connectivity index (χ1) is 11.6. The summed E-state index contributed by atoms with van der Waals surface area (Å²) in [6.07, 6.45) is 4.88. The number of benzene rings is 1. The van der Waals surface area contributed by atoms with E-state index in [0.29, 0.717) is 30.5 Å². The molecule has 1 aromatic heterocycles. The van der Waals surface area contributed by atoms with Gasteiger partial charge in [-0.05, 0) is 25.0 Å². The fraction of sp³-hybridized carbons (Fsp3) is 0.353. The maximum atomic E-state index is 12.6. The fourth-order valence-corrected chi connectivity index (χ4v) is 3.01. The van der Waals surface area contributed by atoms with E-state index in [4.69, 9.17) is 22.1 Å². The zero-order valence-electron chi connectivity index (χ0n) is 13.2. The van der Waals surface area contributed by atoms with Crippen LogP contribution in [0.15, 0.2) is 36.7 Å². The summed E-state index contributed by atoms with van der Waals surface area (Å²) >= 11 is 6.10. The summed E-state index contributed by atoms with van der Waals surface area (Å²) in [5.41, 5.74) is 5.97. The number of aromatic nitrogens is 2. The number of piperidine rings is 1. The molecule has 24 heavy (non-hydrogen) atoms. The van der Waals surface area contributed by atoms with Gasteiger partial charge in [-0.3, -0.25) is 4.79 Å². The largest absolute Gasteiger partial charge is 0.492 e. The Balaban J connectivity index is 1.61. The number of carbonyl (C=O) groups excluding carboxylic acids is 1. The van der Waals surface area contributed by atoms with E-state index in [0.717, 1.165) is 12.8 Å². The number of para-hydroxylation sites is 1. The smallest absolute Gasteiger partial charge is 0.276 e. The summed E-state index contributed by atoms with van der Waals surface area (Å²) in [6.45, 7) is 1.82. The molecule has 0 radical (unpaired) electrons. The van der Waals surface area contributed by atoms with Crippen molar-refractivity contribution in [3.05, 3.63) is 47.4 Å². The standard InChI is InChI=1S/C17H19ClN4O2/c18-13-5-1-2-6-14(13)24-11-12-4-3-9-22(10-12)17(23)15-16(19)21-8-7-20-15/h1-2,5-8,12H,3-4,9-11H2,(H2,19,21)/t12-/m0/s1. The predicted molar refractivity (Wildman–Crippen MR) is 92.0 cm³/mol. The second-order valence-electron chi connectivity index (χ2n) is 5.79. The molecule has 0 aliphatic carbocycles. The molecule has 126 valence electrons. The van der Waals surface area contributed by atoms with Crippen molar-refractivity contribution in [1.82, 2.24) is 14.9 Å². The third-order valence-electron chi connectivity index (χ3n) is 4.05. The molecule has 2 heterocycles. The summed E-state index contributed by atoms with van der Waals surface area (Å²) in [5, 5.41) is 0.591. The molecule has 7 heteroatoms. The molecule has 1 amide bonds. The highest BCUT2D eigenvalue weighted by Gasteiger charge is 2.27. The van der Waals surface area contributed by atoms with Gasteiger partial charge in [0.1, 0.15) is 5.75 Å². The van der Waals surface area contributed by atoms with E-state index in [1.165, 1.54) is 12.4 Å². The van der Waals surface area contributed by atoms with Gasteiger partial charge in [0.15, 0.2) is 11.5 Å². The maximum absolute atomic E-state index is 12.6. The number of hydrogen-bond acceptors (Lipinski definition) is 5. The summed E-state index contributed by atoms with van der Waals surface area (Å²) in [5.74, 6) is 0.901. The molecule has 3 rings (SSSR count). The van der Waals surface area contributed by atoms with Gasteiger partial charge in [-0.15, -0.1) is 0 Å². The van der Waals surface area contributed by atoms with Crippen LogP contribution in [0.3, 0.4) is 0 Å². The van der Waals surface area contributed by atoms with Gasteiger partial charge in [-0.2, -0.15) is 0 Å². The highest BCUT2D eigenvalue weighted by atomic mass is 35.5. The lowest BCUT2D eigenvalue weighted by Gasteiger charge is -2.32. The molecular formula is C17H19ClN4O2. The van der Waals surface area contributed by atoms with Crippen molar-refractivity contribution < 1.29 is 9.53 Å². The monoisotopic (exact) mass is 346 g/mol. The number of likely N-dealkylation sites (tertiary alicyclic amines) is 1. The van der Waals surface area contributed by atoms with Crippen LogP contribution < -0.4 is 10.5 Å². The van der Waals surface area contributed by atoms with Crippen molar-refractivity contribution in [1.29, 1.82) is 0 Å². The van der Waals surface area contributed by atoms with Crippen LogP contribution in [-0.2, 0) is 0 Å². The zero-order chi connectivity index (χ0) is 16.9. The van der Waals surface area contributed by atoms with Crippen LogP contribution >= 0.6 is 11.6 Å². The quantitative estimate of drug-likeness (QED) is 0.920. The van der Waals surface area contributed by atoms with Gasteiger partial charge in [-0.1, -0.05) is 23.7 Å². The summed E-state index contributed by atoms with van der Waals surface area (Å²) < 4.78 is 5.81. The first-order valence-electron chi connectivity index (χ1n) is 7.88. The third kappa shape index (κ3) is 3.76. The first kappa shape index (κ1) is 16.5. The number of nitrogen functional groups attached to an aromatic ring is 1. The van der Waals surface area contributed by atoms with Crippen LogP contribution in [-0.4, -0.2) is 40.5 Å². The SMILES string of the molecule is Nc1nccnc1C(=O)N1CCC[C@H](COc2ccccc2Cl)C1. The van der Waals surface area contributed by atoms with Gasteiger partial charge in [-0.25, -0.2) is 9.97 Å². The summed E-state index contributed by atoms with van der Waals surface area (Å²) in [4.78, 5) is 22.3. The molecule has 1 aliphatic heterocycles. The summed E-state index contributed by atoms with van der Waals surface area (Å²) in [7, 11) is 0. The molecule has 2 N–H and O–H groups in total. The highest BCUT2D eigenvalue weighted by molar-refractivity contribution is 6.32. The molecular weight excluding hydrogens is 328 g/mol. The predicted octanol–water partition coefficient (Wildman–Crippen LogP) is 2.64. The van der Waals surface area contributed by atoms with E-state index >= 15 is 0 Å². The molecule has 1 saturated heterocycles. The number of nitrogens with two attached hydrogens (primary N) is 1. The van der Waals surface area contributed by atoms with Gasteiger partial charge in [0.2, 0.25) is 0 Å². The van der Waals surface area contributed by atoms with Crippen molar-refractivity contribution in [2.24, 2.45) is 5.92 Å². The lowest BCUT2D eigenvalue weighted by atomic mass is 9.98. The molecule has 2 aromatic rings. The van der Waals surface area contributed by atoms with Gasteiger partial charge in [0.25, 0.3) is 5.91 Å². The van der Waals surface area contributed by atoms with Crippen LogP contribution in [0.5, 0.6) is 5.75 Å². The zero-order valence-corrected chi connectivity index (χ0v) is 13.9. The minimum atomic E-state index is -0.178. The normalized spacial score (nSPS) is 17.5. The molecule has 1 fully saturated rings. The van der Waals surface area contributed by atoms with Crippen molar-refractivity contribution in [3.63, 3.8) is 0 Å². The van der Waals surface area contributed by atoms with Crippen LogP contribution in [0.1, 0.15) is 23.3 Å². The average molecular weight is 347 g/mol. The number of anilines is 1. The third-order valence-corrected chi connectivity index (χ3v) is 4.36. The molecule has 1 aliphatic rings. The molecule has 0 unspecified atom stereocenters. The van der Waals surface area contributed by atoms with Gasteiger partial charge < -0.3 is 15.4 Å². The Hall–Kier alpha value is -2.34. The Bertz CT molecular complexity index is 725. The van der Waals surface area contributed by atoms with E-state index in [9.17, 15) is 4.79 Å². The Kier molecular flexibility index (Phi) is 5.15. The molecule has 0 bridgehead atoms. The Labute approximate surface area is 145 Å². The van der Waals surface area contributed by atoms with Crippen LogP contribution in [0.4, 0.5) is 5.82 Å². The van der Waals surface area contributed by atoms with Gasteiger partial charge in [0.05, 0.1) is 11.6 Å². The van der Waals surface area contributed by atoms with Crippen molar-refractivity contribution in [2.75, 3.05) is 25.4 Å². The molecule has 6 nitrogen and oxygen atoms in total. The second kappa shape index (κ2) is 7.49. The minimum Gasteiger partial charge on any atom is -0.492 e. The number of carbonyl (C=O) groups is 1. The van der Waals surface area contributed by atoms with E-state index < -0.39 is 0 Å². The Morgan fingerprint density at radius 3 is 2.92 bits per heavy atom. The maximum Gasteiger partial charge on any atom is 0.276 e. The Morgan fingerprint density at radius 2 is 2.12 bits per heavy atom. The first-order valence-corrected chi connectivity index (χ1v) is 8.26. The van der Waals surface area contributed by atoms with Gasteiger partial charge >= 0.3 is 0 Å². The van der Waals surface area contributed by atoms with E-state index in [1.807, 2.05) is 18.2 Å². The molecule has 0 saturated carbocycles.